The summed E-state index contributed by atoms with van der Waals surface area (Å²) >= 11 is 3.21. The van der Waals surface area contributed by atoms with Gasteiger partial charge in [0.1, 0.15) is 16.8 Å². The molecule has 0 spiro atoms. The Morgan fingerprint density at radius 1 is 1.35 bits per heavy atom. The summed E-state index contributed by atoms with van der Waals surface area (Å²) < 4.78 is 0. The largest absolute Gasteiger partial charge is 0.507 e. The van der Waals surface area contributed by atoms with Crippen molar-refractivity contribution in [1.82, 2.24) is 5.32 Å². The molecule has 1 aromatic rings. The molecule has 2 aliphatic rings. The van der Waals surface area contributed by atoms with Gasteiger partial charge in [0.05, 0.1) is 11.4 Å². The summed E-state index contributed by atoms with van der Waals surface area (Å²) in [7, 11) is 0. The van der Waals surface area contributed by atoms with Crippen molar-refractivity contribution >= 4 is 34.5 Å². The van der Waals surface area contributed by atoms with Crippen molar-refractivity contribution in [3.63, 3.8) is 0 Å². The van der Waals surface area contributed by atoms with E-state index in [1.54, 1.807) is 35.7 Å². The van der Waals surface area contributed by atoms with Crippen LogP contribution in [-0.2, 0) is 4.79 Å². The Labute approximate surface area is 124 Å². The Hall–Kier alpha value is -1.18. The zero-order valence-electron chi connectivity index (χ0n) is 10.5. The van der Waals surface area contributed by atoms with E-state index in [0.29, 0.717) is 5.75 Å². The van der Waals surface area contributed by atoms with Crippen LogP contribution in [0.3, 0.4) is 0 Å². The molecule has 0 aliphatic carbocycles. The number of nitrogens with one attached hydrogen (secondary N) is 1. The molecule has 20 heavy (non-hydrogen) atoms. The summed E-state index contributed by atoms with van der Waals surface area (Å²) in [5.74, 6) is 0.800. The van der Waals surface area contributed by atoms with Gasteiger partial charge in [0.15, 0.2) is 0 Å². The molecule has 5 nitrogen and oxygen atoms in total. The molecule has 7 heteroatoms. The number of aliphatic imine (C=N–C) groups is 1. The van der Waals surface area contributed by atoms with Gasteiger partial charge in [-0.3, -0.25) is 15.1 Å². The van der Waals surface area contributed by atoms with Gasteiger partial charge in [0.25, 0.3) is 0 Å². The van der Waals surface area contributed by atoms with E-state index in [1.807, 2.05) is 12.1 Å². The van der Waals surface area contributed by atoms with Gasteiger partial charge >= 0.3 is 5.97 Å². The first-order valence-electron chi connectivity index (χ1n) is 6.24. The summed E-state index contributed by atoms with van der Waals surface area (Å²) in [5.41, 5.74) is 0.748. The van der Waals surface area contributed by atoms with Gasteiger partial charge in [0, 0.05) is 17.1 Å². The normalized spacial score (nSPS) is 29.4. The van der Waals surface area contributed by atoms with Gasteiger partial charge in [-0.25, -0.2) is 0 Å². The minimum absolute atomic E-state index is 0.0342. The predicted molar refractivity (Wildman–Crippen MR) is 81.7 cm³/mol. The third kappa shape index (κ3) is 2.65. The van der Waals surface area contributed by atoms with Crippen LogP contribution in [0.2, 0.25) is 0 Å². The Kier molecular flexibility index (Phi) is 3.91. The minimum atomic E-state index is -0.810. The molecule has 3 atom stereocenters. The highest BCUT2D eigenvalue weighted by molar-refractivity contribution is 8.14. The van der Waals surface area contributed by atoms with Crippen LogP contribution in [-0.4, -0.2) is 50.2 Å². The molecule has 0 aromatic heterocycles. The van der Waals surface area contributed by atoms with Crippen molar-refractivity contribution in [2.45, 2.75) is 17.5 Å². The Morgan fingerprint density at radius 3 is 2.85 bits per heavy atom. The van der Waals surface area contributed by atoms with Crippen molar-refractivity contribution in [2.24, 2.45) is 4.99 Å². The zero-order valence-corrected chi connectivity index (χ0v) is 12.2. The number of hydrogen-bond acceptors (Lipinski definition) is 6. The molecule has 3 N–H and O–H groups in total. The number of phenols is 1. The number of aromatic hydroxyl groups is 1. The molecule has 0 amide bonds. The van der Waals surface area contributed by atoms with E-state index >= 15 is 0 Å². The molecule has 1 fully saturated rings. The van der Waals surface area contributed by atoms with Gasteiger partial charge in [-0.2, -0.15) is 0 Å². The molecule has 2 heterocycles. The molecule has 0 saturated carbocycles. The van der Waals surface area contributed by atoms with Crippen LogP contribution in [0.1, 0.15) is 5.56 Å². The number of para-hydroxylation sites is 1. The number of carbonyl (C=O) groups is 1. The highest BCUT2D eigenvalue weighted by atomic mass is 32.2. The number of hydrogen-bond donors (Lipinski definition) is 3. The van der Waals surface area contributed by atoms with Crippen LogP contribution < -0.4 is 5.32 Å². The first kappa shape index (κ1) is 13.8. The van der Waals surface area contributed by atoms with Crippen molar-refractivity contribution in [1.29, 1.82) is 0 Å². The van der Waals surface area contributed by atoms with Crippen LogP contribution in [0.25, 0.3) is 0 Å². The number of carboxylic acids is 1. The SMILES string of the molecule is O=C(O)[C@@H]1CSC([C@@H]2CSC(c3ccccc3O)=N2)N1. The third-order valence-electron chi connectivity index (χ3n) is 3.26. The zero-order chi connectivity index (χ0) is 14.1. The fourth-order valence-electron chi connectivity index (χ4n) is 2.21. The van der Waals surface area contributed by atoms with E-state index < -0.39 is 12.0 Å². The number of phenolic OH excluding ortho intramolecular Hbond substituents is 1. The van der Waals surface area contributed by atoms with E-state index in [9.17, 15) is 9.90 Å². The smallest absolute Gasteiger partial charge is 0.321 e. The third-order valence-corrected chi connectivity index (χ3v) is 5.71. The molecule has 106 valence electrons. The van der Waals surface area contributed by atoms with E-state index in [-0.39, 0.29) is 17.2 Å². The lowest BCUT2D eigenvalue weighted by molar-refractivity contribution is -0.138. The summed E-state index contributed by atoms with van der Waals surface area (Å²) in [6.45, 7) is 0. The van der Waals surface area contributed by atoms with Crippen LogP contribution in [0.5, 0.6) is 5.75 Å². The molecule has 1 saturated heterocycles. The summed E-state index contributed by atoms with van der Waals surface area (Å²) in [6.07, 6.45) is 0. The highest BCUT2D eigenvalue weighted by Gasteiger charge is 2.36. The van der Waals surface area contributed by atoms with Crippen LogP contribution >= 0.6 is 23.5 Å². The van der Waals surface area contributed by atoms with Gasteiger partial charge in [-0.1, -0.05) is 12.1 Å². The molecule has 0 radical (unpaired) electrons. The van der Waals surface area contributed by atoms with E-state index in [0.717, 1.165) is 16.4 Å². The molecular weight excluding hydrogens is 296 g/mol. The van der Waals surface area contributed by atoms with Crippen LogP contribution in [0.15, 0.2) is 29.3 Å². The van der Waals surface area contributed by atoms with Gasteiger partial charge in [-0.15, -0.1) is 23.5 Å². The second-order valence-electron chi connectivity index (χ2n) is 4.64. The second kappa shape index (κ2) is 5.67. The fraction of sp³-hybridized carbons (Fsp3) is 0.385. The molecule has 0 bridgehead atoms. The van der Waals surface area contributed by atoms with Gasteiger partial charge < -0.3 is 10.2 Å². The lowest BCUT2D eigenvalue weighted by Gasteiger charge is -2.14. The van der Waals surface area contributed by atoms with Gasteiger partial charge in [-0.05, 0) is 12.1 Å². The molecule has 1 unspecified atom stereocenters. The standard InChI is InChI=1S/C13H14N2O3S2/c16-10-4-2-1-3-7(10)11-14-8(5-19-11)12-15-9(6-20-12)13(17)18/h1-4,8-9,12,15-16H,5-6H2,(H,17,18)/t8-,9-,12?/m0/s1. The first-order valence-corrected chi connectivity index (χ1v) is 8.28. The lowest BCUT2D eigenvalue weighted by Crippen LogP contribution is -2.41. The maximum Gasteiger partial charge on any atom is 0.321 e. The van der Waals surface area contributed by atoms with E-state index in [2.05, 4.69) is 10.3 Å². The summed E-state index contributed by atoms with van der Waals surface area (Å²) in [5, 5.41) is 22.8. The quantitative estimate of drug-likeness (QED) is 0.782. The molecular formula is C13H14N2O3S2. The average Bonchev–Trinajstić information content (AvgIpc) is 3.08. The van der Waals surface area contributed by atoms with Gasteiger partial charge in [0.2, 0.25) is 0 Å². The second-order valence-corrected chi connectivity index (χ2v) is 6.82. The topological polar surface area (TPSA) is 81.9 Å². The van der Waals surface area contributed by atoms with Crippen molar-refractivity contribution in [3.8, 4) is 5.75 Å². The number of nitrogens with zero attached hydrogens (tertiary/aromatic N) is 1. The maximum atomic E-state index is 10.9. The Bertz CT molecular complexity index is 564. The monoisotopic (exact) mass is 310 g/mol. The fourth-order valence-corrected chi connectivity index (χ4v) is 4.74. The molecule has 3 rings (SSSR count). The minimum Gasteiger partial charge on any atom is -0.507 e. The number of carboxylic acid groups (broad SMARTS) is 1. The maximum absolute atomic E-state index is 10.9. The molecule has 1 aromatic carbocycles. The first-order chi connectivity index (χ1) is 9.65. The van der Waals surface area contributed by atoms with E-state index in [4.69, 9.17) is 5.11 Å². The van der Waals surface area contributed by atoms with Crippen molar-refractivity contribution in [2.75, 3.05) is 11.5 Å². The lowest BCUT2D eigenvalue weighted by atomic mass is 10.2. The number of aliphatic carboxylic acids is 1. The van der Waals surface area contributed by atoms with Crippen LogP contribution in [0, 0.1) is 0 Å². The number of rotatable bonds is 3. The average molecular weight is 310 g/mol. The van der Waals surface area contributed by atoms with Crippen molar-refractivity contribution in [3.05, 3.63) is 29.8 Å². The molecule has 2 aliphatic heterocycles. The van der Waals surface area contributed by atoms with E-state index in [1.165, 1.54) is 0 Å². The van der Waals surface area contributed by atoms with Crippen LogP contribution in [0.4, 0.5) is 0 Å². The Morgan fingerprint density at radius 2 is 2.15 bits per heavy atom. The summed E-state index contributed by atoms with van der Waals surface area (Å²) in [4.78, 5) is 15.6. The Balaban J connectivity index is 1.73. The summed E-state index contributed by atoms with van der Waals surface area (Å²) in [6, 6.07) is 6.70. The number of thioether (sulfide) groups is 2. The predicted octanol–water partition coefficient (Wildman–Crippen LogP) is 1.37. The highest BCUT2D eigenvalue weighted by Crippen LogP contribution is 2.33. The number of benzene rings is 1. The van der Waals surface area contributed by atoms with Crippen molar-refractivity contribution < 1.29 is 15.0 Å².